The molecule has 0 spiro atoms. The standard InChI is InChI=1S/C27H30N4O7S/c1-28-27(33)25(16-20-9-5-4-6-10-20)29(18-21-11-7-14-24(15-21)38-2)26(32)19-30(39(3,36)37)22-12-8-13-23(17-22)31(34)35/h4-15,17,25H,16,18-19H2,1-3H3,(H,28,33). The Morgan fingerprint density at radius 2 is 1.67 bits per heavy atom. The fraction of sp³-hybridized carbons (Fsp3) is 0.259. The third kappa shape index (κ3) is 7.77. The van der Waals surface area contributed by atoms with E-state index in [1.54, 1.807) is 24.3 Å². The average molecular weight is 555 g/mol. The summed E-state index contributed by atoms with van der Waals surface area (Å²) in [5, 5.41) is 13.9. The molecule has 0 bridgehead atoms. The molecule has 12 heteroatoms. The van der Waals surface area contributed by atoms with Gasteiger partial charge in [0, 0.05) is 32.1 Å². The summed E-state index contributed by atoms with van der Waals surface area (Å²) in [7, 11) is -1.07. The summed E-state index contributed by atoms with van der Waals surface area (Å²) >= 11 is 0. The van der Waals surface area contributed by atoms with Gasteiger partial charge in [0.25, 0.3) is 5.69 Å². The molecule has 0 saturated heterocycles. The summed E-state index contributed by atoms with van der Waals surface area (Å²) in [6.45, 7) is -0.695. The van der Waals surface area contributed by atoms with E-state index in [0.717, 1.165) is 22.2 Å². The lowest BCUT2D eigenvalue weighted by molar-refractivity contribution is -0.384. The van der Waals surface area contributed by atoms with Gasteiger partial charge in [-0.3, -0.25) is 24.0 Å². The van der Waals surface area contributed by atoms with E-state index in [-0.39, 0.29) is 24.3 Å². The molecule has 3 aromatic rings. The maximum Gasteiger partial charge on any atom is 0.271 e. The minimum atomic E-state index is -4.04. The molecule has 1 atom stereocenters. The van der Waals surface area contributed by atoms with E-state index in [4.69, 9.17) is 4.74 Å². The molecule has 0 heterocycles. The molecule has 0 aliphatic carbocycles. The lowest BCUT2D eigenvalue weighted by atomic mass is 10.0. The maximum absolute atomic E-state index is 13.9. The first-order valence-corrected chi connectivity index (χ1v) is 13.8. The predicted molar refractivity (Wildman–Crippen MR) is 147 cm³/mol. The lowest BCUT2D eigenvalue weighted by Crippen LogP contribution is -2.52. The van der Waals surface area contributed by atoms with E-state index < -0.39 is 39.3 Å². The highest BCUT2D eigenvalue weighted by Gasteiger charge is 2.33. The van der Waals surface area contributed by atoms with Gasteiger partial charge in [0.1, 0.15) is 18.3 Å². The van der Waals surface area contributed by atoms with Gasteiger partial charge in [-0.1, -0.05) is 48.5 Å². The number of nitrogens with zero attached hydrogens (tertiary/aromatic N) is 3. The second-order valence-corrected chi connectivity index (χ2v) is 10.6. The molecule has 3 rings (SSSR count). The number of carbonyl (C=O) groups is 2. The molecular weight excluding hydrogens is 524 g/mol. The minimum Gasteiger partial charge on any atom is -0.497 e. The highest BCUT2D eigenvalue weighted by molar-refractivity contribution is 7.92. The molecule has 1 N–H and O–H groups in total. The summed E-state index contributed by atoms with van der Waals surface area (Å²) in [5.74, 6) is -0.551. The quantitative estimate of drug-likeness (QED) is 0.268. The summed E-state index contributed by atoms with van der Waals surface area (Å²) in [6, 6.07) is 20.1. The molecule has 0 saturated carbocycles. The molecule has 206 valence electrons. The van der Waals surface area contributed by atoms with Crippen LogP contribution in [0.15, 0.2) is 78.9 Å². The topological polar surface area (TPSA) is 139 Å². The fourth-order valence-corrected chi connectivity index (χ4v) is 4.90. The van der Waals surface area contributed by atoms with Crippen LogP contribution in [0.1, 0.15) is 11.1 Å². The number of nitro groups is 1. The zero-order chi connectivity index (χ0) is 28.6. The van der Waals surface area contributed by atoms with E-state index in [1.807, 2.05) is 30.3 Å². The number of sulfonamides is 1. The normalized spacial score (nSPS) is 11.8. The number of anilines is 1. The Bertz CT molecular complexity index is 1430. The number of hydrogen-bond acceptors (Lipinski definition) is 7. The Hall–Kier alpha value is -4.45. The number of methoxy groups -OCH3 is 1. The third-order valence-electron chi connectivity index (χ3n) is 6.01. The van der Waals surface area contributed by atoms with Gasteiger partial charge in [0.05, 0.1) is 24.0 Å². The first-order chi connectivity index (χ1) is 18.5. The van der Waals surface area contributed by atoms with Crippen LogP contribution < -0.4 is 14.4 Å². The number of nitro benzene ring substituents is 1. The molecule has 0 aliphatic rings. The summed E-state index contributed by atoms with van der Waals surface area (Å²) in [5.41, 5.74) is 1.09. The molecule has 0 fully saturated rings. The third-order valence-corrected chi connectivity index (χ3v) is 7.15. The van der Waals surface area contributed by atoms with Crippen molar-refractivity contribution in [3.8, 4) is 5.75 Å². The zero-order valence-corrected chi connectivity index (χ0v) is 22.6. The van der Waals surface area contributed by atoms with Gasteiger partial charge >= 0.3 is 0 Å². The van der Waals surface area contributed by atoms with Crippen molar-refractivity contribution in [2.45, 2.75) is 19.0 Å². The molecule has 0 aliphatic heterocycles. The number of rotatable bonds is 12. The van der Waals surface area contributed by atoms with Crippen LogP contribution >= 0.6 is 0 Å². The summed E-state index contributed by atoms with van der Waals surface area (Å²) in [6.07, 6.45) is 1.08. The van der Waals surface area contributed by atoms with Crippen LogP contribution in [0, 0.1) is 10.1 Å². The minimum absolute atomic E-state index is 0.0203. The Morgan fingerprint density at radius 1 is 1.00 bits per heavy atom. The van der Waals surface area contributed by atoms with E-state index in [2.05, 4.69) is 5.32 Å². The number of hydrogen-bond donors (Lipinski definition) is 1. The first-order valence-electron chi connectivity index (χ1n) is 11.9. The monoisotopic (exact) mass is 554 g/mol. The predicted octanol–water partition coefficient (Wildman–Crippen LogP) is 2.76. The average Bonchev–Trinajstić information content (AvgIpc) is 2.93. The Labute approximate surface area is 227 Å². The van der Waals surface area contributed by atoms with Crippen molar-refractivity contribution in [1.29, 1.82) is 0 Å². The van der Waals surface area contributed by atoms with Crippen LogP contribution in [0.3, 0.4) is 0 Å². The second kappa shape index (κ2) is 12.9. The highest BCUT2D eigenvalue weighted by Crippen LogP contribution is 2.24. The molecule has 0 aromatic heterocycles. The molecule has 11 nitrogen and oxygen atoms in total. The van der Waals surface area contributed by atoms with Crippen LogP contribution in [0.25, 0.3) is 0 Å². The molecule has 2 amide bonds. The zero-order valence-electron chi connectivity index (χ0n) is 21.8. The van der Waals surface area contributed by atoms with Gasteiger partial charge < -0.3 is 15.0 Å². The van der Waals surface area contributed by atoms with Crippen LogP contribution in [-0.2, 0) is 32.6 Å². The molecule has 39 heavy (non-hydrogen) atoms. The van der Waals surface area contributed by atoms with Gasteiger partial charge in [-0.2, -0.15) is 0 Å². The van der Waals surface area contributed by atoms with Crippen molar-refractivity contribution in [3.05, 3.63) is 100 Å². The van der Waals surface area contributed by atoms with Gasteiger partial charge in [0.2, 0.25) is 21.8 Å². The number of non-ortho nitro benzene ring substituents is 1. The number of nitrogens with one attached hydrogen (secondary N) is 1. The van der Waals surface area contributed by atoms with Crippen molar-refractivity contribution in [2.75, 3.05) is 31.3 Å². The fourth-order valence-electron chi connectivity index (χ4n) is 4.06. The Kier molecular flexibility index (Phi) is 9.61. The lowest BCUT2D eigenvalue weighted by Gasteiger charge is -2.33. The SMILES string of the molecule is CNC(=O)C(Cc1ccccc1)N(Cc1cccc(OC)c1)C(=O)CN(c1cccc([N+](=O)[O-])c1)S(C)(=O)=O. The molecular formula is C27H30N4O7S. The van der Waals surface area contributed by atoms with Crippen LogP contribution in [0.2, 0.25) is 0 Å². The Balaban J connectivity index is 2.05. The van der Waals surface area contributed by atoms with E-state index in [1.165, 1.54) is 37.3 Å². The van der Waals surface area contributed by atoms with Crippen molar-refractivity contribution < 1.29 is 27.7 Å². The first kappa shape index (κ1) is 29.1. The van der Waals surface area contributed by atoms with Gasteiger partial charge in [-0.15, -0.1) is 0 Å². The number of benzene rings is 3. The van der Waals surface area contributed by atoms with Crippen molar-refractivity contribution >= 4 is 33.2 Å². The molecule has 0 radical (unpaired) electrons. The van der Waals surface area contributed by atoms with Crippen molar-refractivity contribution in [1.82, 2.24) is 10.2 Å². The highest BCUT2D eigenvalue weighted by atomic mass is 32.2. The van der Waals surface area contributed by atoms with Gasteiger partial charge in [0.15, 0.2) is 0 Å². The second-order valence-electron chi connectivity index (χ2n) is 8.74. The van der Waals surface area contributed by atoms with Gasteiger partial charge in [-0.25, -0.2) is 8.42 Å². The summed E-state index contributed by atoms with van der Waals surface area (Å²) < 4.78 is 31.6. The van der Waals surface area contributed by atoms with Gasteiger partial charge in [-0.05, 0) is 29.3 Å². The van der Waals surface area contributed by atoms with Crippen LogP contribution in [-0.4, -0.2) is 63.1 Å². The summed E-state index contributed by atoms with van der Waals surface area (Å²) in [4.78, 5) is 38.9. The maximum atomic E-state index is 13.9. The number of likely N-dealkylation sites (N-methyl/N-ethyl adjacent to an activating group) is 1. The van der Waals surface area contributed by atoms with Crippen molar-refractivity contribution in [2.24, 2.45) is 0 Å². The number of ether oxygens (including phenoxy) is 1. The Morgan fingerprint density at radius 3 is 2.28 bits per heavy atom. The van der Waals surface area contributed by atoms with Crippen molar-refractivity contribution in [3.63, 3.8) is 0 Å². The smallest absolute Gasteiger partial charge is 0.271 e. The molecule has 3 aromatic carbocycles. The van der Waals surface area contributed by atoms with E-state index >= 15 is 0 Å². The van der Waals surface area contributed by atoms with Crippen LogP contribution in [0.5, 0.6) is 5.75 Å². The van der Waals surface area contributed by atoms with E-state index in [9.17, 15) is 28.1 Å². The largest absolute Gasteiger partial charge is 0.497 e. The number of carbonyl (C=O) groups excluding carboxylic acids is 2. The number of amides is 2. The molecule has 1 unspecified atom stereocenters. The van der Waals surface area contributed by atoms with E-state index in [0.29, 0.717) is 11.3 Å². The van der Waals surface area contributed by atoms with Crippen LogP contribution in [0.4, 0.5) is 11.4 Å².